The van der Waals surface area contributed by atoms with E-state index in [2.05, 4.69) is 16.7 Å². The summed E-state index contributed by atoms with van der Waals surface area (Å²) in [6.45, 7) is 8.63. The Morgan fingerprint density at radius 2 is 1.87 bits per heavy atom. The zero-order chi connectivity index (χ0) is 11.1. The molecule has 2 N–H and O–H groups in total. The van der Waals surface area contributed by atoms with E-state index in [1.165, 1.54) is 0 Å². The molecule has 90 valence electrons. The molecule has 0 aromatic rings. The summed E-state index contributed by atoms with van der Waals surface area (Å²) in [6.07, 6.45) is 1.15. The highest BCUT2D eigenvalue weighted by Crippen LogP contribution is 2.05. The fourth-order valence-electron chi connectivity index (χ4n) is 2.07. The minimum absolute atomic E-state index is 0.223. The van der Waals surface area contributed by atoms with Gasteiger partial charge in [-0.2, -0.15) is 0 Å². The predicted octanol–water partition coefficient (Wildman–Crippen LogP) is 0.558. The molecule has 1 unspecified atom stereocenters. The van der Waals surface area contributed by atoms with Gasteiger partial charge >= 0.3 is 0 Å². The molecule has 3 nitrogen and oxygen atoms in total. The van der Waals surface area contributed by atoms with Crippen LogP contribution in [0.3, 0.4) is 0 Å². The molecule has 0 radical (unpaired) electrons. The lowest BCUT2D eigenvalue weighted by Gasteiger charge is -2.23. The monoisotopic (exact) mass is 217 g/mol. The van der Waals surface area contributed by atoms with Gasteiger partial charge in [0.2, 0.25) is 0 Å². The average molecular weight is 217 g/mol. The third-order valence-corrected chi connectivity index (χ3v) is 3.05. The van der Waals surface area contributed by atoms with Crippen LogP contribution in [0.4, 0.5) is 4.39 Å². The zero-order valence-electron chi connectivity index (χ0n) is 9.79. The van der Waals surface area contributed by atoms with Gasteiger partial charge in [0.15, 0.2) is 0 Å². The van der Waals surface area contributed by atoms with Crippen molar-refractivity contribution in [3.8, 4) is 0 Å². The SMILES string of the molecule is CC(CN)CN1CCCN(CCF)CC1. The second-order valence-electron chi connectivity index (χ2n) is 4.53. The molecule has 0 bridgehead atoms. The van der Waals surface area contributed by atoms with Gasteiger partial charge in [-0.15, -0.1) is 0 Å². The maximum atomic E-state index is 12.2. The Labute approximate surface area is 92.4 Å². The van der Waals surface area contributed by atoms with Crippen LogP contribution in [-0.4, -0.2) is 62.3 Å². The zero-order valence-corrected chi connectivity index (χ0v) is 9.79. The minimum atomic E-state index is -0.223. The second-order valence-corrected chi connectivity index (χ2v) is 4.53. The molecule has 15 heavy (non-hydrogen) atoms. The third kappa shape index (κ3) is 4.91. The first kappa shape index (κ1) is 12.9. The van der Waals surface area contributed by atoms with E-state index < -0.39 is 0 Å². The molecule has 1 aliphatic rings. The van der Waals surface area contributed by atoms with Crippen molar-refractivity contribution >= 4 is 0 Å². The van der Waals surface area contributed by atoms with E-state index in [1.807, 2.05) is 0 Å². The highest BCUT2D eigenvalue weighted by molar-refractivity contribution is 4.71. The van der Waals surface area contributed by atoms with E-state index >= 15 is 0 Å². The van der Waals surface area contributed by atoms with Crippen molar-refractivity contribution in [3.05, 3.63) is 0 Å². The van der Waals surface area contributed by atoms with Crippen LogP contribution >= 0.6 is 0 Å². The highest BCUT2D eigenvalue weighted by atomic mass is 19.1. The summed E-state index contributed by atoms with van der Waals surface area (Å²) in [4.78, 5) is 4.67. The lowest BCUT2D eigenvalue weighted by Crippen LogP contribution is -2.35. The van der Waals surface area contributed by atoms with Crippen molar-refractivity contribution in [3.63, 3.8) is 0 Å². The van der Waals surface area contributed by atoms with Gasteiger partial charge in [0.25, 0.3) is 0 Å². The minimum Gasteiger partial charge on any atom is -0.330 e. The maximum Gasteiger partial charge on any atom is 0.102 e. The molecule has 0 aliphatic carbocycles. The smallest absolute Gasteiger partial charge is 0.102 e. The van der Waals surface area contributed by atoms with Crippen LogP contribution < -0.4 is 5.73 Å². The van der Waals surface area contributed by atoms with Gasteiger partial charge in [0, 0.05) is 26.2 Å². The van der Waals surface area contributed by atoms with E-state index in [-0.39, 0.29) is 6.67 Å². The third-order valence-electron chi connectivity index (χ3n) is 3.05. The number of alkyl halides is 1. The fourth-order valence-corrected chi connectivity index (χ4v) is 2.07. The standard InChI is InChI=1S/C11H24FN3/c1-11(9-13)10-15-5-2-4-14(6-3-12)7-8-15/h11H,2-10,13H2,1H3. The summed E-state index contributed by atoms with van der Waals surface area (Å²) in [5.74, 6) is 0.567. The Kier molecular flexibility index (Phi) is 6.13. The van der Waals surface area contributed by atoms with Crippen molar-refractivity contribution in [1.82, 2.24) is 9.80 Å². The largest absolute Gasteiger partial charge is 0.330 e. The first-order valence-corrected chi connectivity index (χ1v) is 5.97. The molecule has 1 saturated heterocycles. The van der Waals surface area contributed by atoms with E-state index in [4.69, 9.17) is 5.73 Å². The quantitative estimate of drug-likeness (QED) is 0.730. The van der Waals surface area contributed by atoms with Crippen LogP contribution in [-0.2, 0) is 0 Å². The molecule has 1 fully saturated rings. The normalized spacial score (nSPS) is 22.6. The maximum absolute atomic E-state index is 12.2. The van der Waals surface area contributed by atoms with Gasteiger partial charge in [-0.1, -0.05) is 6.92 Å². The molecule has 1 heterocycles. The Bertz CT molecular complexity index is 166. The van der Waals surface area contributed by atoms with E-state index in [0.29, 0.717) is 12.5 Å². The van der Waals surface area contributed by atoms with E-state index in [9.17, 15) is 4.39 Å². The van der Waals surface area contributed by atoms with E-state index in [0.717, 1.165) is 45.7 Å². The number of rotatable bonds is 5. The lowest BCUT2D eigenvalue weighted by atomic mass is 10.1. The Morgan fingerprint density at radius 3 is 2.53 bits per heavy atom. The summed E-state index contributed by atoms with van der Waals surface area (Å²) >= 11 is 0. The number of nitrogens with zero attached hydrogens (tertiary/aromatic N) is 2. The van der Waals surface area contributed by atoms with Crippen LogP contribution in [0.5, 0.6) is 0 Å². The van der Waals surface area contributed by atoms with Gasteiger partial charge in [0.1, 0.15) is 6.67 Å². The average Bonchev–Trinajstić information content (AvgIpc) is 2.45. The molecule has 1 atom stereocenters. The molecule has 0 aromatic heterocycles. The summed E-state index contributed by atoms with van der Waals surface area (Å²) < 4.78 is 12.2. The van der Waals surface area contributed by atoms with Gasteiger partial charge in [0.05, 0.1) is 0 Å². The van der Waals surface area contributed by atoms with Crippen molar-refractivity contribution in [1.29, 1.82) is 0 Å². The summed E-state index contributed by atoms with van der Waals surface area (Å²) in [5, 5.41) is 0. The number of hydrogen-bond acceptors (Lipinski definition) is 3. The molecule has 1 rings (SSSR count). The molecular formula is C11H24FN3. The van der Waals surface area contributed by atoms with Gasteiger partial charge in [-0.3, -0.25) is 4.90 Å². The Hall–Kier alpha value is -0.190. The second kappa shape index (κ2) is 7.14. The van der Waals surface area contributed by atoms with Crippen molar-refractivity contribution in [2.24, 2.45) is 11.7 Å². The predicted molar refractivity (Wildman–Crippen MR) is 61.7 cm³/mol. The van der Waals surface area contributed by atoms with Crippen LogP contribution in [0.25, 0.3) is 0 Å². The Morgan fingerprint density at radius 1 is 1.20 bits per heavy atom. The molecule has 1 aliphatic heterocycles. The number of nitrogens with two attached hydrogens (primary N) is 1. The summed E-state index contributed by atoms with van der Waals surface area (Å²) in [7, 11) is 0. The van der Waals surface area contributed by atoms with E-state index in [1.54, 1.807) is 0 Å². The summed E-state index contributed by atoms with van der Waals surface area (Å²) in [5.41, 5.74) is 5.62. The fraction of sp³-hybridized carbons (Fsp3) is 1.00. The molecule has 0 amide bonds. The topological polar surface area (TPSA) is 32.5 Å². The first-order chi connectivity index (χ1) is 7.26. The highest BCUT2D eigenvalue weighted by Gasteiger charge is 2.15. The Balaban J connectivity index is 2.26. The van der Waals surface area contributed by atoms with Crippen LogP contribution in [0.1, 0.15) is 13.3 Å². The summed E-state index contributed by atoms with van der Waals surface area (Å²) in [6, 6.07) is 0. The van der Waals surface area contributed by atoms with Crippen molar-refractivity contribution < 1.29 is 4.39 Å². The van der Waals surface area contributed by atoms with Gasteiger partial charge < -0.3 is 10.6 Å². The van der Waals surface area contributed by atoms with Gasteiger partial charge in [-0.05, 0) is 32.0 Å². The van der Waals surface area contributed by atoms with Crippen LogP contribution in [0.15, 0.2) is 0 Å². The van der Waals surface area contributed by atoms with Crippen LogP contribution in [0.2, 0.25) is 0 Å². The van der Waals surface area contributed by atoms with Crippen molar-refractivity contribution in [2.45, 2.75) is 13.3 Å². The van der Waals surface area contributed by atoms with Crippen LogP contribution in [0, 0.1) is 5.92 Å². The molecule has 0 saturated carbocycles. The number of hydrogen-bond donors (Lipinski definition) is 1. The first-order valence-electron chi connectivity index (χ1n) is 5.97. The lowest BCUT2D eigenvalue weighted by molar-refractivity contribution is 0.226. The van der Waals surface area contributed by atoms with Crippen molar-refractivity contribution in [2.75, 3.05) is 52.5 Å². The number of halogens is 1. The molecular weight excluding hydrogens is 193 g/mol. The van der Waals surface area contributed by atoms with Gasteiger partial charge in [-0.25, -0.2) is 4.39 Å². The molecule has 4 heteroatoms. The molecule has 0 aromatic carbocycles. The molecule has 0 spiro atoms.